The minimum absolute atomic E-state index is 0.0763. The maximum atomic E-state index is 5.69. The first kappa shape index (κ1) is 9.85. The number of aryl methyl sites for hydroxylation is 1. The fraction of sp³-hybridized carbons (Fsp3) is 0.444. The van der Waals surface area contributed by atoms with E-state index in [1.54, 1.807) is 9.36 Å². The second kappa shape index (κ2) is 3.82. The van der Waals surface area contributed by atoms with E-state index >= 15 is 0 Å². The molecular weight excluding hydrogens is 192 g/mol. The summed E-state index contributed by atoms with van der Waals surface area (Å²) in [5.41, 5.74) is 7.59. The zero-order valence-corrected chi connectivity index (χ0v) is 8.83. The molecule has 2 N–H and O–H groups in total. The molecule has 0 fully saturated rings. The van der Waals surface area contributed by atoms with Gasteiger partial charge in [0.05, 0.1) is 24.6 Å². The van der Waals surface area contributed by atoms with Crippen LogP contribution in [0, 0.1) is 0 Å². The van der Waals surface area contributed by atoms with Gasteiger partial charge in [-0.05, 0) is 6.92 Å². The number of hydrogen-bond donors (Lipinski definition) is 1. The van der Waals surface area contributed by atoms with Gasteiger partial charge in [-0.2, -0.15) is 5.10 Å². The van der Waals surface area contributed by atoms with E-state index in [0.717, 1.165) is 11.3 Å². The minimum Gasteiger partial charge on any atom is -0.323 e. The first-order valence-electron chi connectivity index (χ1n) is 4.78. The summed E-state index contributed by atoms with van der Waals surface area (Å²) in [4.78, 5) is 0. The van der Waals surface area contributed by atoms with Crippen LogP contribution in [0.25, 0.3) is 0 Å². The zero-order chi connectivity index (χ0) is 10.8. The van der Waals surface area contributed by atoms with Crippen LogP contribution in [0.3, 0.4) is 0 Å². The predicted octanol–water partition coefficient (Wildman–Crippen LogP) is 0.0796. The van der Waals surface area contributed by atoms with Crippen LogP contribution in [0.5, 0.6) is 0 Å². The Morgan fingerprint density at radius 3 is 2.80 bits per heavy atom. The van der Waals surface area contributed by atoms with E-state index < -0.39 is 0 Å². The summed E-state index contributed by atoms with van der Waals surface area (Å²) in [5.74, 6) is 0. The third-order valence-corrected chi connectivity index (χ3v) is 2.13. The Balaban J connectivity index is 2.11. The molecule has 6 nitrogen and oxygen atoms in total. The molecule has 1 unspecified atom stereocenters. The molecule has 15 heavy (non-hydrogen) atoms. The van der Waals surface area contributed by atoms with Gasteiger partial charge in [0, 0.05) is 24.8 Å². The first-order chi connectivity index (χ1) is 7.15. The van der Waals surface area contributed by atoms with Gasteiger partial charge in [0.2, 0.25) is 0 Å². The molecular formula is C9H14N6. The summed E-state index contributed by atoms with van der Waals surface area (Å²) in [7, 11) is 1.89. The lowest BCUT2D eigenvalue weighted by Crippen LogP contribution is -2.05. The number of aromatic nitrogens is 5. The quantitative estimate of drug-likeness (QED) is 0.771. The summed E-state index contributed by atoms with van der Waals surface area (Å²) in [6, 6.07) is -0.0763. The highest BCUT2D eigenvalue weighted by Crippen LogP contribution is 2.05. The maximum Gasteiger partial charge on any atom is 0.0991 e. The van der Waals surface area contributed by atoms with Crippen molar-refractivity contribution in [1.82, 2.24) is 24.8 Å². The van der Waals surface area contributed by atoms with Crippen molar-refractivity contribution in [2.75, 3.05) is 0 Å². The minimum atomic E-state index is -0.0763. The van der Waals surface area contributed by atoms with Crippen LogP contribution in [-0.4, -0.2) is 24.8 Å². The average molecular weight is 206 g/mol. The molecule has 0 aliphatic carbocycles. The third-order valence-electron chi connectivity index (χ3n) is 2.13. The van der Waals surface area contributed by atoms with Gasteiger partial charge >= 0.3 is 0 Å². The van der Waals surface area contributed by atoms with E-state index in [1.807, 2.05) is 32.6 Å². The maximum absolute atomic E-state index is 5.69. The van der Waals surface area contributed by atoms with Crippen molar-refractivity contribution in [3.63, 3.8) is 0 Å². The van der Waals surface area contributed by atoms with Crippen molar-refractivity contribution < 1.29 is 0 Å². The van der Waals surface area contributed by atoms with Crippen LogP contribution < -0.4 is 5.73 Å². The van der Waals surface area contributed by atoms with Crippen LogP contribution in [0.15, 0.2) is 18.6 Å². The molecule has 0 aliphatic rings. The molecule has 80 valence electrons. The van der Waals surface area contributed by atoms with Gasteiger partial charge in [0.25, 0.3) is 0 Å². The molecule has 0 saturated heterocycles. The fourth-order valence-electron chi connectivity index (χ4n) is 1.34. The van der Waals surface area contributed by atoms with E-state index in [4.69, 9.17) is 5.73 Å². The second-order valence-corrected chi connectivity index (χ2v) is 3.65. The molecule has 0 aromatic carbocycles. The first-order valence-corrected chi connectivity index (χ1v) is 4.78. The van der Waals surface area contributed by atoms with Crippen LogP contribution >= 0.6 is 0 Å². The van der Waals surface area contributed by atoms with Crippen molar-refractivity contribution in [2.24, 2.45) is 12.8 Å². The van der Waals surface area contributed by atoms with Gasteiger partial charge in [-0.25, -0.2) is 4.68 Å². The van der Waals surface area contributed by atoms with E-state index in [9.17, 15) is 0 Å². The van der Waals surface area contributed by atoms with Crippen LogP contribution in [0.1, 0.15) is 24.2 Å². The van der Waals surface area contributed by atoms with E-state index in [0.29, 0.717) is 6.54 Å². The van der Waals surface area contributed by atoms with Crippen molar-refractivity contribution >= 4 is 0 Å². The van der Waals surface area contributed by atoms with Crippen LogP contribution in [0.4, 0.5) is 0 Å². The lowest BCUT2D eigenvalue weighted by atomic mass is 10.3. The van der Waals surface area contributed by atoms with Gasteiger partial charge in [-0.3, -0.25) is 4.68 Å². The number of rotatable bonds is 3. The molecule has 0 aliphatic heterocycles. The summed E-state index contributed by atoms with van der Waals surface area (Å²) < 4.78 is 3.52. The SMILES string of the molecule is CC(N)c1cn(Cc2cnn(C)c2)nn1. The summed E-state index contributed by atoms with van der Waals surface area (Å²) in [6.45, 7) is 2.56. The molecule has 6 heteroatoms. The van der Waals surface area contributed by atoms with Crippen molar-refractivity contribution in [2.45, 2.75) is 19.5 Å². The lowest BCUT2D eigenvalue weighted by Gasteiger charge is -1.97. The molecule has 2 aromatic heterocycles. The van der Waals surface area contributed by atoms with Crippen molar-refractivity contribution in [3.8, 4) is 0 Å². The molecule has 0 saturated carbocycles. The van der Waals surface area contributed by atoms with Crippen LogP contribution in [-0.2, 0) is 13.6 Å². The average Bonchev–Trinajstić information content (AvgIpc) is 2.76. The van der Waals surface area contributed by atoms with Gasteiger partial charge in [0.15, 0.2) is 0 Å². The lowest BCUT2D eigenvalue weighted by molar-refractivity contribution is 0.647. The smallest absolute Gasteiger partial charge is 0.0991 e. The largest absolute Gasteiger partial charge is 0.323 e. The Labute approximate surface area is 87.7 Å². The standard InChI is InChI=1S/C9H14N6/c1-7(10)9-6-15(13-12-9)5-8-3-11-14(2)4-8/h3-4,6-7H,5,10H2,1-2H3. The summed E-state index contributed by atoms with van der Waals surface area (Å²) in [6.07, 6.45) is 5.62. The number of hydrogen-bond acceptors (Lipinski definition) is 4. The fourth-order valence-corrected chi connectivity index (χ4v) is 1.34. The van der Waals surface area contributed by atoms with Gasteiger partial charge in [0.1, 0.15) is 0 Å². The molecule has 2 aromatic rings. The molecule has 0 bridgehead atoms. The molecule has 2 rings (SSSR count). The second-order valence-electron chi connectivity index (χ2n) is 3.65. The topological polar surface area (TPSA) is 74.6 Å². The molecule has 0 amide bonds. The molecule has 0 radical (unpaired) electrons. The number of nitrogens with zero attached hydrogens (tertiary/aromatic N) is 5. The summed E-state index contributed by atoms with van der Waals surface area (Å²) >= 11 is 0. The van der Waals surface area contributed by atoms with Crippen molar-refractivity contribution in [1.29, 1.82) is 0 Å². The normalized spacial score (nSPS) is 13.0. The Bertz CT molecular complexity index is 441. The highest BCUT2D eigenvalue weighted by molar-refractivity contribution is 5.05. The Morgan fingerprint density at radius 1 is 1.47 bits per heavy atom. The molecule has 0 spiro atoms. The number of nitrogens with two attached hydrogens (primary N) is 1. The van der Waals surface area contributed by atoms with Crippen LogP contribution in [0.2, 0.25) is 0 Å². The summed E-state index contributed by atoms with van der Waals surface area (Å²) in [5, 5.41) is 12.1. The molecule has 2 heterocycles. The van der Waals surface area contributed by atoms with E-state index in [2.05, 4.69) is 15.4 Å². The van der Waals surface area contributed by atoms with Gasteiger partial charge in [-0.1, -0.05) is 5.21 Å². The highest BCUT2D eigenvalue weighted by atomic mass is 15.4. The van der Waals surface area contributed by atoms with E-state index in [-0.39, 0.29) is 6.04 Å². The zero-order valence-electron chi connectivity index (χ0n) is 8.83. The monoisotopic (exact) mass is 206 g/mol. The Kier molecular flexibility index (Phi) is 2.51. The van der Waals surface area contributed by atoms with Gasteiger partial charge < -0.3 is 5.73 Å². The predicted molar refractivity (Wildman–Crippen MR) is 54.9 cm³/mol. The molecule has 1 atom stereocenters. The van der Waals surface area contributed by atoms with Gasteiger partial charge in [-0.15, -0.1) is 5.10 Å². The van der Waals surface area contributed by atoms with E-state index in [1.165, 1.54) is 0 Å². The highest BCUT2D eigenvalue weighted by Gasteiger charge is 2.05. The Hall–Kier alpha value is -1.69. The van der Waals surface area contributed by atoms with Crippen molar-refractivity contribution in [3.05, 3.63) is 29.8 Å². The third kappa shape index (κ3) is 2.21. The Morgan fingerprint density at radius 2 is 2.27 bits per heavy atom.